The molecule has 5 rings (SSSR count). The van der Waals surface area contributed by atoms with E-state index >= 15 is 0 Å². The summed E-state index contributed by atoms with van der Waals surface area (Å²) in [6.07, 6.45) is 3.97. The Morgan fingerprint density at radius 1 is 1.20 bits per heavy atom. The standard InChI is InChI=1S/C23H20ClN3O3/c1-2-30-22(28)18-13-27-20(25-18)9-8-16-17(14-4-6-15(24)7-5-14)12-19(26-21(16)27)23(29)10-3-11-23/h4-9,12-13,29H,2-3,10-11H2,1H3. The number of carbonyl (C=O) groups excluding carboxylic acids is 1. The second-order valence-corrected chi connectivity index (χ2v) is 8.03. The van der Waals surface area contributed by atoms with Crippen molar-refractivity contribution in [1.29, 1.82) is 0 Å². The van der Waals surface area contributed by atoms with E-state index < -0.39 is 11.6 Å². The summed E-state index contributed by atoms with van der Waals surface area (Å²) in [6, 6.07) is 13.3. The number of nitrogens with zero attached hydrogens (tertiary/aromatic N) is 3. The summed E-state index contributed by atoms with van der Waals surface area (Å²) in [4.78, 5) is 21.4. The Hall–Kier alpha value is -2.96. The van der Waals surface area contributed by atoms with Gasteiger partial charge in [0.15, 0.2) is 5.69 Å². The summed E-state index contributed by atoms with van der Waals surface area (Å²) in [5.74, 6) is -0.471. The Labute approximate surface area is 178 Å². The van der Waals surface area contributed by atoms with Crippen molar-refractivity contribution in [2.24, 2.45) is 0 Å². The smallest absolute Gasteiger partial charge is 0.358 e. The van der Waals surface area contributed by atoms with Crippen molar-refractivity contribution in [1.82, 2.24) is 14.4 Å². The summed E-state index contributed by atoms with van der Waals surface area (Å²) in [6.45, 7) is 2.04. The van der Waals surface area contributed by atoms with E-state index in [0.717, 1.165) is 22.9 Å². The van der Waals surface area contributed by atoms with E-state index in [9.17, 15) is 9.90 Å². The number of hydrogen-bond acceptors (Lipinski definition) is 5. The lowest BCUT2D eigenvalue weighted by molar-refractivity contribution is -0.0423. The molecule has 4 aromatic rings. The number of rotatable bonds is 4. The van der Waals surface area contributed by atoms with Crippen molar-refractivity contribution < 1.29 is 14.6 Å². The van der Waals surface area contributed by atoms with Gasteiger partial charge in [0.2, 0.25) is 0 Å². The molecule has 0 bridgehead atoms. The van der Waals surface area contributed by atoms with Crippen LogP contribution in [0.3, 0.4) is 0 Å². The van der Waals surface area contributed by atoms with Crippen LogP contribution in [0.25, 0.3) is 27.8 Å². The van der Waals surface area contributed by atoms with Crippen LogP contribution in [0.4, 0.5) is 0 Å². The van der Waals surface area contributed by atoms with Crippen molar-refractivity contribution in [2.75, 3.05) is 6.61 Å². The van der Waals surface area contributed by atoms with Gasteiger partial charge in [0.25, 0.3) is 0 Å². The van der Waals surface area contributed by atoms with Gasteiger partial charge in [0.1, 0.15) is 16.9 Å². The molecule has 0 amide bonds. The van der Waals surface area contributed by atoms with Crippen LogP contribution in [0.5, 0.6) is 0 Å². The first-order valence-electron chi connectivity index (χ1n) is 9.97. The van der Waals surface area contributed by atoms with Crippen molar-refractivity contribution in [2.45, 2.75) is 31.8 Å². The number of aliphatic hydroxyl groups is 1. The molecule has 0 saturated heterocycles. The van der Waals surface area contributed by atoms with Gasteiger partial charge in [0, 0.05) is 16.6 Å². The maximum absolute atomic E-state index is 12.2. The number of carbonyl (C=O) groups is 1. The predicted octanol–water partition coefficient (Wildman–Crippen LogP) is 4.75. The molecule has 0 radical (unpaired) electrons. The van der Waals surface area contributed by atoms with Gasteiger partial charge in [-0.3, -0.25) is 4.40 Å². The topological polar surface area (TPSA) is 76.7 Å². The van der Waals surface area contributed by atoms with Gasteiger partial charge in [0.05, 0.1) is 12.3 Å². The van der Waals surface area contributed by atoms with E-state index in [0.29, 0.717) is 34.9 Å². The Morgan fingerprint density at radius 2 is 1.97 bits per heavy atom. The van der Waals surface area contributed by atoms with Crippen LogP contribution < -0.4 is 0 Å². The highest BCUT2D eigenvalue weighted by Gasteiger charge is 2.38. The summed E-state index contributed by atoms with van der Waals surface area (Å²) in [5, 5.41) is 12.6. The zero-order valence-electron chi connectivity index (χ0n) is 16.4. The highest BCUT2D eigenvalue weighted by Crippen LogP contribution is 2.42. The third-order valence-electron chi connectivity index (χ3n) is 5.70. The number of hydrogen-bond donors (Lipinski definition) is 1. The summed E-state index contributed by atoms with van der Waals surface area (Å²) in [7, 11) is 0. The number of pyridine rings is 2. The minimum Gasteiger partial charge on any atom is -0.461 e. The molecule has 0 spiro atoms. The lowest BCUT2D eigenvalue weighted by atomic mass is 9.77. The molecule has 152 valence electrons. The molecule has 1 fully saturated rings. The lowest BCUT2D eigenvalue weighted by Crippen LogP contribution is -2.34. The fraction of sp³-hybridized carbons (Fsp3) is 0.261. The number of aromatic nitrogens is 3. The van der Waals surface area contributed by atoms with Gasteiger partial charge in [-0.2, -0.15) is 0 Å². The lowest BCUT2D eigenvalue weighted by Gasteiger charge is -2.36. The van der Waals surface area contributed by atoms with Gasteiger partial charge in [-0.15, -0.1) is 0 Å². The Bertz CT molecular complexity index is 1280. The van der Waals surface area contributed by atoms with Crippen LogP contribution in [0.1, 0.15) is 42.4 Å². The van der Waals surface area contributed by atoms with E-state index in [-0.39, 0.29) is 12.3 Å². The van der Waals surface area contributed by atoms with Crippen LogP contribution in [0.15, 0.2) is 48.7 Å². The first-order chi connectivity index (χ1) is 14.5. The second kappa shape index (κ2) is 7.07. The third-order valence-corrected chi connectivity index (χ3v) is 5.95. The van der Waals surface area contributed by atoms with E-state index in [1.807, 2.05) is 42.5 Å². The minimum absolute atomic E-state index is 0.229. The zero-order chi connectivity index (χ0) is 20.9. The van der Waals surface area contributed by atoms with Crippen LogP contribution in [-0.4, -0.2) is 32.1 Å². The van der Waals surface area contributed by atoms with Crippen molar-refractivity contribution in [3.8, 4) is 11.1 Å². The number of fused-ring (bicyclic) bond motifs is 3. The molecule has 30 heavy (non-hydrogen) atoms. The van der Waals surface area contributed by atoms with Gasteiger partial charge >= 0.3 is 5.97 Å². The first-order valence-corrected chi connectivity index (χ1v) is 10.3. The van der Waals surface area contributed by atoms with E-state index in [2.05, 4.69) is 4.98 Å². The Morgan fingerprint density at radius 3 is 2.63 bits per heavy atom. The van der Waals surface area contributed by atoms with Gasteiger partial charge in [-0.25, -0.2) is 14.8 Å². The molecule has 0 aliphatic heterocycles. The zero-order valence-corrected chi connectivity index (χ0v) is 17.2. The number of halogens is 1. The molecule has 1 aliphatic carbocycles. The molecule has 6 nitrogen and oxygen atoms in total. The first kappa shape index (κ1) is 19.0. The van der Waals surface area contributed by atoms with Crippen molar-refractivity contribution in [3.05, 3.63) is 65.1 Å². The Balaban J connectivity index is 1.78. The molecule has 1 N–H and O–H groups in total. The van der Waals surface area contributed by atoms with Gasteiger partial charge in [-0.05, 0) is 67.6 Å². The van der Waals surface area contributed by atoms with Crippen molar-refractivity contribution >= 4 is 34.3 Å². The largest absolute Gasteiger partial charge is 0.461 e. The fourth-order valence-electron chi connectivity index (χ4n) is 3.91. The van der Waals surface area contributed by atoms with E-state index in [4.69, 9.17) is 21.3 Å². The molecular weight excluding hydrogens is 402 g/mol. The van der Waals surface area contributed by atoms with E-state index in [1.54, 1.807) is 17.5 Å². The molecular formula is C23H20ClN3O3. The average molecular weight is 422 g/mol. The van der Waals surface area contributed by atoms with Crippen LogP contribution >= 0.6 is 11.6 Å². The SMILES string of the molecule is CCOC(=O)c1cn2c(ccc3c(-c4ccc(Cl)cc4)cc(C4(O)CCC4)nc32)n1. The highest BCUT2D eigenvalue weighted by atomic mass is 35.5. The molecule has 3 aromatic heterocycles. The third kappa shape index (κ3) is 3.04. The quantitative estimate of drug-likeness (QED) is 0.481. The van der Waals surface area contributed by atoms with Crippen LogP contribution in [0.2, 0.25) is 5.02 Å². The molecule has 0 unspecified atom stereocenters. The summed E-state index contributed by atoms with van der Waals surface area (Å²) >= 11 is 6.08. The molecule has 0 atom stereocenters. The fourth-order valence-corrected chi connectivity index (χ4v) is 4.03. The predicted molar refractivity (Wildman–Crippen MR) is 115 cm³/mol. The summed E-state index contributed by atoms with van der Waals surface area (Å²) < 4.78 is 6.87. The number of benzene rings is 1. The molecule has 1 aromatic carbocycles. The average Bonchev–Trinajstić information content (AvgIpc) is 3.17. The van der Waals surface area contributed by atoms with E-state index in [1.165, 1.54) is 0 Å². The van der Waals surface area contributed by atoms with Crippen LogP contribution in [-0.2, 0) is 10.3 Å². The second-order valence-electron chi connectivity index (χ2n) is 7.59. The Kier molecular flexibility index (Phi) is 4.49. The monoisotopic (exact) mass is 421 g/mol. The van der Waals surface area contributed by atoms with Gasteiger partial charge < -0.3 is 9.84 Å². The summed E-state index contributed by atoms with van der Waals surface area (Å²) in [5.41, 5.74) is 3.08. The molecule has 7 heteroatoms. The number of esters is 1. The highest BCUT2D eigenvalue weighted by molar-refractivity contribution is 6.30. The van der Waals surface area contributed by atoms with Gasteiger partial charge in [-0.1, -0.05) is 23.7 Å². The molecule has 3 heterocycles. The number of ether oxygens (including phenoxy) is 1. The minimum atomic E-state index is -0.928. The normalized spacial score (nSPS) is 15.3. The number of imidazole rings is 1. The van der Waals surface area contributed by atoms with Crippen LogP contribution in [0, 0.1) is 0 Å². The molecule has 1 aliphatic rings. The molecule has 1 saturated carbocycles. The van der Waals surface area contributed by atoms with Crippen molar-refractivity contribution in [3.63, 3.8) is 0 Å². The maximum Gasteiger partial charge on any atom is 0.358 e. The maximum atomic E-state index is 12.2.